The molecule has 22 heavy (non-hydrogen) atoms. The number of rotatable bonds is 2. The highest BCUT2D eigenvalue weighted by atomic mass is 16.5. The second-order valence-corrected chi connectivity index (χ2v) is 5.25. The van der Waals surface area contributed by atoms with Crippen LogP contribution in [0, 0.1) is 13.8 Å². The number of aryl methyl sites for hydroxylation is 2. The Balaban J connectivity index is 2.08. The Hall–Kier alpha value is -2.67. The van der Waals surface area contributed by atoms with Crippen molar-refractivity contribution >= 4 is 23.5 Å². The minimum Gasteiger partial charge on any atom is -0.464 e. The van der Waals surface area contributed by atoms with E-state index in [1.807, 2.05) is 26.0 Å². The largest absolute Gasteiger partial charge is 0.464 e. The second kappa shape index (κ2) is 4.96. The van der Waals surface area contributed by atoms with E-state index < -0.39 is 23.8 Å². The van der Waals surface area contributed by atoms with Gasteiger partial charge in [-0.1, -0.05) is 17.7 Å². The maximum Gasteiger partial charge on any atom is 0.356 e. The van der Waals surface area contributed by atoms with Gasteiger partial charge in [0, 0.05) is 0 Å². The van der Waals surface area contributed by atoms with Gasteiger partial charge >= 0.3 is 5.97 Å². The van der Waals surface area contributed by atoms with Crippen LogP contribution in [0.2, 0.25) is 0 Å². The molecule has 7 heteroatoms. The van der Waals surface area contributed by atoms with E-state index in [-0.39, 0.29) is 11.3 Å². The summed E-state index contributed by atoms with van der Waals surface area (Å²) in [7, 11) is 1.22. The lowest BCUT2D eigenvalue weighted by molar-refractivity contribution is -0.137. The van der Waals surface area contributed by atoms with Gasteiger partial charge in [-0.2, -0.15) is 0 Å². The Morgan fingerprint density at radius 2 is 2.00 bits per heavy atom. The topological polar surface area (TPSA) is 87.7 Å². The van der Waals surface area contributed by atoms with Crippen molar-refractivity contribution in [3.8, 4) is 0 Å². The Bertz CT molecular complexity index is 738. The first-order chi connectivity index (χ1) is 10.5. The summed E-state index contributed by atoms with van der Waals surface area (Å²) in [5.41, 5.74) is 7.66. The lowest BCUT2D eigenvalue weighted by Gasteiger charge is -2.18. The molecule has 7 nitrogen and oxygen atoms in total. The number of hydrogen-bond acceptors (Lipinski definition) is 6. The highest BCUT2D eigenvalue weighted by Gasteiger charge is 2.50. The predicted octanol–water partition coefficient (Wildman–Crippen LogP) is 0.0801. The van der Waals surface area contributed by atoms with Crippen molar-refractivity contribution in [3.05, 3.63) is 40.6 Å². The molecule has 2 aliphatic heterocycles. The van der Waals surface area contributed by atoms with Gasteiger partial charge in [-0.15, -0.1) is 0 Å². The number of ether oxygens (including phenoxy) is 1. The first-order valence-corrected chi connectivity index (χ1v) is 6.75. The van der Waals surface area contributed by atoms with Gasteiger partial charge < -0.3 is 10.2 Å². The molecule has 2 heterocycles. The van der Waals surface area contributed by atoms with Crippen molar-refractivity contribution < 1.29 is 19.1 Å². The number of amides is 2. The van der Waals surface area contributed by atoms with Crippen LogP contribution >= 0.6 is 0 Å². The normalized spacial score (nSPS) is 20.3. The highest BCUT2D eigenvalue weighted by Crippen LogP contribution is 2.32. The minimum atomic E-state index is -0.873. The van der Waals surface area contributed by atoms with Crippen molar-refractivity contribution in [2.45, 2.75) is 19.9 Å². The quantitative estimate of drug-likeness (QED) is 0.594. The molecule has 1 unspecified atom stereocenters. The average Bonchev–Trinajstić information content (AvgIpc) is 3.01. The Labute approximate surface area is 126 Å². The van der Waals surface area contributed by atoms with Crippen molar-refractivity contribution in [1.82, 2.24) is 10.9 Å². The van der Waals surface area contributed by atoms with E-state index in [0.717, 1.165) is 16.0 Å². The smallest absolute Gasteiger partial charge is 0.356 e. The molecule has 0 aromatic heterocycles. The van der Waals surface area contributed by atoms with Gasteiger partial charge in [-0.25, -0.2) is 15.1 Å². The number of carbonyl (C=O) groups excluding carboxylic acids is 3. The summed E-state index contributed by atoms with van der Waals surface area (Å²) >= 11 is 0. The molecule has 0 aliphatic carbocycles. The molecule has 1 aromatic carbocycles. The lowest BCUT2D eigenvalue weighted by Crippen LogP contribution is -2.42. The van der Waals surface area contributed by atoms with Gasteiger partial charge in [0.25, 0.3) is 11.8 Å². The molecule has 2 aliphatic rings. The first-order valence-electron chi connectivity index (χ1n) is 6.75. The van der Waals surface area contributed by atoms with Crippen LogP contribution in [-0.2, 0) is 19.1 Å². The summed E-state index contributed by atoms with van der Waals surface area (Å²) in [5, 5.41) is 0. The Kier molecular flexibility index (Phi) is 3.22. The summed E-state index contributed by atoms with van der Waals surface area (Å²) in [6.45, 7) is 3.76. The van der Waals surface area contributed by atoms with E-state index in [0.29, 0.717) is 5.69 Å². The number of imide groups is 1. The zero-order valence-electron chi connectivity index (χ0n) is 12.4. The summed E-state index contributed by atoms with van der Waals surface area (Å²) in [5.74, 6) is -1.62. The third kappa shape index (κ3) is 1.90. The van der Waals surface area contributed by atoms with Crippen LogP contribution in [0.25, 0.3) is 0 Å². The van der Waals surface area contributed by atoms with E-state index >= 15 is 0 Å². The van der Waals surface area contributed by atoms with E-state index in [1.54, 1.807) is 6.07 Å². The molecule has 2 N–H and O–H groups in total. The van der Waals surface area contributed by atoms with Gasteiger partial charge in [-0.3, -0.25) is 9.59 Å². The molecule has 1 fully saturated rings. The summed E-state index contributed by atoms with van der Waals surface area (Å²) in [4.78, 5) is 37.9. The van der Waals surface area contributed by atoms with Crippen molar-refractivity contribution in [1.29, 1.82) is 0 Å². The number of nitrogens with one attached hydrogen (secondary N) is 2. The zero-order valence-corrected chi connectivity index (χ0v) is 12.4. The molecule has 0 radical (unpaired) electrons. The SMILES string of the molecule is COC(=O)C1=C2C(=O)N(c3ccc(C)cc3C)C(=O)C2NN1. The van der Waals surface area contributed by atoms with Crippen LogP contribution < -0.4 is 15.8 Å². The average molecular weight is 301 g/mol. The number of hydrogen-bond donors (Lipinski definition) is 2. The maximum atomic E-state index is 12.6. The molecular formula is C15H15N3O4. The van der Waals surface area contributed by atoms with Gasteiger partial charge in [0.2, 0.25) is 0 Å². The van der Waals surface area contributed by atoms with Crippen LogP contribution in [0.4, 0.5) is 5.69 Å². The molecule has 114 valence electrons. The maximum absolute atomic E-state index is 12.6. The molecule has 1 aromatic rings. The molecule has 0 spiro atoms. The van der Waals surface area contributed by atoms with Crippen LogP contribution in [-0.4, -0.2) is 30.9 Å². The number of benzene rings is 1. The number of carbonyl (C=O) groups is 3. The van der Waals surface area contributed by atoms with Crippen molar-refractivity contribution in [3.63, 3.8) is 0 Å². The van der Waals surface area contributed by atoms with Gasteiger partial charge in [0.15, 0.2) is 0 Å². The fourth-order valence-corrected chi connectivity index (χ4v) is 2.74. The minimum absolute atomic E-state index is 0.0156. The number of nitrogens with zero attached hydrogens (tertiary/aromatic N) is 1. The third-order valence-corrected chi connectivity index (χ3v) is 3.78. The fourth-order valence-electron chi connectivity index (χ4n) is 2.74. The number of hydrazine groups is 1. The molecule has 3 rings (SSSR count). The summed E-state index contributed by atoms with van der Waals surface area (Å²) < 4.78 is 4.62. The van der Waals surface area contributed by atoms with Gasteiger partial charge in [0.1, 0.15) is 11.7 Å². The Morgan fingerprint density at radius 1 is 1.27 bits per heavy atom. The standard InChI is InChI=1S/C15H15N3O4/c1-7-4-5-9(8(2)6-7)18-13(19)10-11(14(18)20)16-17-12(10)15(21)22-3/h4-6,11,16-17H,1-3H3. The lowest BCUT2D eigenvalue weighted by atomic mass is 10.1. The Morgan fingerprint density at radius 3 is 2.64 bits per heavy atom. The van der Waals surface area contributed by atoms with Crippen LogP contribution in [0.15, 0.2) is 29.5 Å². The van der Waals surface area contributed by atoms with Crippen LogP contribution in [0.1, 0.15) is 11.1 Å². The number of methoxy groups -OCH3 is 1. The van der Waals surface area contributed by atoms with Crippen molar-refractivity contribution in [2.75, 3.05) is 12.0 Å². The zero-order chi connectivity index (χ0) is 16.0. The molecular weight excluding hydrogens is 286 g/mol. The van der Waals surface area contributed by atoms with Crippen LogP contribution in [0.3, 0.4) is 0 Å². The highest BCUT2D eigenvalue weighted by molar-refractivity contribution is 6.33. The molecule has 1 atom stereocenters. The van der Waals surface area contributed by atoms with E-state index in [4.69, 9.17) is 0 Å². The van der Waals surface area contributed by atoms with Gasteiger partial charge in [0.05, 0.1) is 18.4 Å². The summed E-state index contributed by atoms with van der Waals surface area (Å²) in [6, 6.07) is 4.58. The summed E-state index contributed by atoms with van der Waals surface area (Å²) in [6.07, 6.45) is 0. The molecule has 1 saturated heterocycles. The number of fused-ring (bicyclic) bond motifs is 1. The molecule has 0 saturated carbocycles. The number of esters is 1. The van der Waals surface area contributed by atoms with Gasteiger partial charge in [-0.05, 0) is 25.5 Å². The molecule has 2 amide bonds. The van der Waals surface area contributed by atoms with Crippen molar-refractivity contribution in [2.24, 2.45) is 0 Å². The second-order valence-electron chi connectivity index (χ2n) is 5.25. The van der Waals surface area contributed by atoms with Crippen LogP contribution in [0.5, 0.6) is 0 Å². The molecule has 0 bridgehead atoms. The fraction of sp³-hybridized carbons (Fsp3) is 0.267. The van der Waals surface area contributed by atoms with E-state index in [1.165, 1.54) is 7.11 Å². The predicted molar refractivity (Wildman–Crippen MR) is 77.5 cm³/mol. The van der Waals surface area contributed by atoms with E-state index in [9.17, 15) is 14.4 Å². The first kappa shape index (κ1) is 14.3. The monoisotopic (exact) mass is 301 g/mol. The third-order valence-electron chi connectivity index (χ3n) is 3.78. The number of anilines is 1. The van der Waals surface area contributed by atoms with E-state index in [2.05, 4.69) is 15.6 Å².